The van der Waals surface area contributed by atoms with Crippen LogP contribution in [0.3, 0.4) is 0 Å². The van der Waals surface area contributed by atoms with Gasteiger partial charge in [-0.1, -0.05) is 11.2 Å². The van der Waals surface area contributed by atoms with Crippen LogP contribution in [0, 0.1) is 5.82 Å². The zero-order chi connectivity index (χ0) is 14.7. The van der Waals surface area contributed by atoms with Crippen LogP contribution in [-0.2, 0) is 11.2 Å². The van der Waals surface area contributed by atoms with Crippen LogP contribution in [0.25, 0.3) is 11.5 Å². The lowest BCUT2D eigenvalue weighted by Crippen LogP contribution is -2.36. The molecule has 2 aromatic rings. The molecule has 6 heteroatoms. The molecule has 0 aliphatic carbocycles. The summed E-state index contributed by atoms with van der Waals surface area (Å²) in [6.45, 7) is 1.60. The van der Waals surface area contributed by atoms with Crippen LogP contribution in [0.4, 0.5) is 4.39 Å². The molecule has 0 N–H and O–H groups in total. The Bertz CT molecular complexity index is 635. The summed E-state index contributed by atoms with van der Waals surface area (Å²) in [5.41, 5.74) is 0.513. The van der Waals surface area contributed by atoms with Gasteiger partial charge in [-0.05, 0) is 37.5 Å². The minimum absolute atomic E-state index is 0.0151. The highest BCUT2D eigenvalue weighted by Crippen LogP contribution is 2.18. The van der Waals surface area contributed by atoms with E-state index in [-0.39, 0.29) is 24.0 Å². The van der Waals surface area contributed by atoms with Crippen molar-refractivity contribution in [1.82, 2.24) is 15.0 Å². The van der Waals surface area contributed by atoms with Crippen molar-refractivity contribution < 1.29 is 13.7 Å². The highest BCUT2D eigenvalue weighted by molar-refractivity contribution is 5.78. The quantitative estimate of drug-likeness (QED) is 0.870. The van der Waals surface area contributed by atoms with Crippen molar-refractivity contribution in [2.24, 2.45) is 0 Å². The Labute approximate surface area is 121 Å². The summed E-state index contributed by atoms with van der Waals surface area (Å²) in [4.78, 5) is 18.1. The van der Waals surface area contributed by atoms with Crippen LogP contribution >= 0.6 is 0 Å². The molecule has 3 rings (SSSR count). The van der Waals surface area contributed by atoms with Crippen LogP contribution in [0.5, 0.6) is 0 Å². The number of halogens is 1. The maximum atomic E-state index is 13.2. The Kier molecular flexibility index (Phi) is 3.94. The molecule has 0 saturated carbocycles. The lowest BCUT2D eigenvalue weighted by atomic mass is 10.1. The van der Waals surface area contributed by atoms with Crippen molar-refractivity contribution in [2.45, 2.75) is 25.7 Å². The van der Waals surface area contributed by atoms with E-state index in [0.717, 1.165) is 25.9 Å². The van der Waals surface area contributed by atoms with Crippen LogP contribution in [0.2, 0.25) is 0 Å². The fourth-order valence-corrected chi connectivity index (χ4v) is 2.45. The number of likely N-dealkylation sites (tertiary alicyclic amines) is 1. The molecule has 1 aromatic heterocycles. The molecule has 1 aliphatic heterocycles. The van der Waals surface area contributed by atoms with Gasteiger partial charge in [-0.15, -0.1) is 0 Å². The van der Waals surface area contributed by atoms with E-state index in [0.29, 0.717) is 11.4 Å². The topological polar surface area (TPSA) is 59.2 Å². The van der Waals surface area contributed by atoms with Crippen LogP contribution in [0.1, 0.15) is 25.1 Å². The molecule has 21 heavy (non-hydrogen) atoms. The number of nitrogens with zero attached hydrogens (tertiary/aromatic N) is 3. The van der Waals surface area contributed by atoms with Crippen molar-refractivity contribution in [3.05, 3.63) is 35.9 Å². The van der Waals surface area contributed by atoms with E-state index >= 15 is 0 Å². The average molecular weight is 289 g/mol. The number of carbonyl (C=O) groups is 1. The molecule has 110 valence electrons. The molecule has 1 aliphatic rings. The summed E-state index contributed by atoms with van der Waals surface area (Å²) in [6, 6.07) is 5.94. The first-order valence-corrected chi connectivity index (χ1v) is 7.09. The molecule has 2 heterocycles. The Hall–Kier alpha value is -2.24. The number of rotatable bonds is 3. The molecule has 0 bridgehead atoms. The van der Waals surface area contributed by atoms with Gasteiger partial charge < -0.3 is 9.42 Å². The first-order valence-electron chi connectivity index (χ1n) is 7.09. The normalized spacial score (nSPS) is 15.2. The van der Waals surface area contributed by atoms with Gasteiger partial charge in [-0.3, -0.25) is 4.79 Å². The van der Waals surface area contributed by atoms with E-state index < -0.39 is 0 Å². The van der Waals surface area contributed by atoms with Crippen molar-refractivity contribution in [3.8, 4) is 11.5 Å². The number of benzene rings is 1. The molecular weight excluding hydrogens is 273 g/mol. The summed E-state index contributed by atoms with van der Waals surface area (Å²) in [7, 11) is 0. The Morgan fingerprint density at radius 3 is 2.86 bits per heavy atom. The Balaban J connectivity index is 1.69. The molecule has 1 fully saturated rings. The van der Waals surface area contributed by atoms with Gasteiger partial charge >= 0.3 is 0 Å². The van der Waals surface area contributed by atoms with Crippen molar-refractivity contribution in [2.75, 3.05) is 13.1 Å². The lowest BCUT2D eigenvalue weighted by molar-refractivity contribution is -0.131. The van der Waals surface area contributed by atoms with Crippen LogP contribution < -0.4 is 0 Å². The van der Waals surface area contributed by atoms with Crippen molar-refractivity contribution in [1.29, 1.82) is 0 Å². The monoisotopic (exact) mass is 289 g/mol. The van der Waals surface area contributed by atoms with Gasteiger partial charge in [-0.2, -0.15) is 4.98 Å². The third kappa shape index (κ3) is 3.26. The fourth-order valence-electron chi connectivity index (χ4n) is 2.45. The summed E-state index contributed by atoms with van der Waals surface area (Å²) >= 11 is 0. The first-order chi connectivity index (χ1) is 10.2. The lowest BCUT2D eigenvalue weighted by Gasteiger charge is -2.26. The van der Waals surface area contributed by atoms with Gasteiger partial charge in [0.05, 0.1) is 6.42 Å². The van der Waals surface area contributed by atoms with Crippen molar-refractivity contribution in [3.63, 3.8) is 0 Å². The molecule has 1 aromatic carbocycles. The minimum Gasteiger partial charge on any atom is -0.342 e. The highest BCUT2D eigenvalue weighted by Gasteiger charge is 2.19. The van der Waals surface area contributed by atoms with Crippen molar-refractivity contribution >= 4 is 5.91 Å². The third-order valence-electron chi connectivity index (χ3n) is 3.56. The molecule has 1 amide bonds. The van der Waals surface area contributed by atoms with E-state index in [9.17, 15) is 9.18 Å². The number of carbonyl (C=O) groups excluding carboxylic acids is 1. The standard InChI is InChI=1S/C15H16FN3O2/c16-12-6-4-5-11(9-12)15-17-13(18-21-15)10-14(20)19-7-2-1-3-8-19/h4-6,9H,1-3,7-8,10H2. The van der Waals surface area contributed by atoms with E-state index in [1.54, 1.807) is 12.1 Å². The van der Waals surface area contributed by atoms with Gasteiger partial charge in [-0.25, -0.2) is 4.39 Å². The second-order valence-corrected chi connectivity index (χ2v) is 5.14. The van der Waals surface area contributed by atoms with Crippen LogP contribution in [0.15, 0.2) is 28.8 Å². The second kappa shape index (κ2) is 6.03. The third-order valence-corrected chi connectivity index (χ3v) is 3.56. The van der Waals surface area contributed by atoms with Gasteiger partial charge in [0.1, 0.15) is 5.82 Å². The molecule has 0 spiro atoms. The minimum atomic E-state index is -0.364. The number of hydrogen-bond acceptors (Lipinski definition) is 4. The SMILES string of the molecule is O=C(Cc1noc(-c2cccc(F)c2)n1)N1CCCCC1. The molecule has 0 atom stereocenters. The maximum absolute atomic E-state index is 13.2. The van der Waals surface area contributed by atoms with E-state index in [1.165, 1.54) is 18.6 Å². The van der Waals surface area contributed by atoms with Gasteiger partial charge in [0.2, 0.25) is 5.91 Å². The second-order valence-electron chi connectivity index (χ2n) is 5.14. The first kappa shape index (κ1) is 13.7. The Morgan fingerprint density at radius 1 is 1.29 bits per heavy atom. The molecular formula is C15H16FN3O2. The number of amides is 1. The van der Waals surface area contributed by atoms with Gasteiger partial charge in [0, 0.05) is 18.7 Å². The number of piperidine rings is 1. The summed E-state index contributed by atoms with van der Waals surface area (Å²) in [5.74, 6) is 0.221. The summed E-state index contributed by atoms with van der Waals surface area (Å²) in [5, 5.41) is 3.80. The number of aromatic nitrogens is 2. The fraction of sp³-hybridized carbons (Fsp3) is 0.400. The van der Waals surface area contributed by atoms with Gasteiger partial charge in [0.25, 0.3) is 5.89 Å². The number of hydrogen-bond donors (Lipinski definition) is 0. The predicted molar refractivity (Wildman–Crippen MR) is 73.8 cm³/mol. The zero-order valence-electron chi connectivity index (χ0n) is 11.6. The average Bonchev–Trinajstić information content (AvgIpc) is 2.97. The van der Waals surface area contributed by atoms with Crippen LogP contribution in [-0.4, -0.2) is 34.0 Å². The van der Waals surface area contributed by atoms with E-state index in [2.05, 4.69) is 10.1 Å². The molecule has 0 radical (unpaired) electrons. The molecule has 5 nitrogen and oxygen atoms in total. The largest absolute Gasteiger partial charge is 0.342 e. The highest BCUT2D eigenvalue weighted by atomic mass is 19.1. The summed E-state index contributed by atoms with van der Waals surface area (Å²) < 4.78 is 18.3. The van der Waals surface area contributed by atoms with E-state index in [4.69, 9.17) is 4.52 Å². The summed E-state index contributed by atoms with van der Waals surface area (Å²) in [6.07, 6.45) is 3.40. The zero-order valence-corrected chi connectivity index (χ0v) is 11.6. The molecule has 1 saturated heterocycles. The Morgan fingerprint density at radius 2 is 2.10 bits per heavy atom. The smallest absolute Gasteiger partial charge is 0.258 e. The van der Waals surface area contributed by atoms with E-state index in [1.807, 2.05) is 4.90 Å². The predicted octanol–water partition coefficient (Wildman–Crippen LogP) is 2.43. The maximum Gasteiger partial charge on any atom is 0.258 e. The van der Waals surface area contributed by atoms with Gasteiger partial charge in [0.15, 0.2) is 5.82 Å². The molecule has 0 unspecified atom stereocenters.